The van der Waals surface area contributed by atoms with Crippen LogP contribution in [0.4, 0.5) is 0 Å². The summed E-state index contributed by atoms with van der Waals surface area (Å²) in [7, 11) is 0. The molecule has 2 nitrogen and oxygen atoms in total. The summed E-state index contributed by atoms with van der Waals surface area (Å²) in [4.78, 5) is 4.05. The summed E-state index contributed by atoms with van der Waals surface area (Å²) < 4.78 is 0. The molecule has 21 heavy (non-hydrogen) atoms. The standard InChI is InChI=1S/C19H28N2/c1-2-3-4-5-6-7-8-9-10-11-12-14-18-15-13-16-21-19(18)17-20/h12-16H,2-11H2,1H3/b14-12+. The number of hydrogen-bond donors (Lipinski definition) is 0. The summed E-state index contributed by atoms with van der Waals surface area (Å²) in [6.45, 7) is 2.26. The van der Waals surface area contributed by atoms with E-state index in [-0.39, 0.29) is 0 Å². The van der Waals surface area contributed by atoms with E-state index >= 15 is 0 Å². The number of aromatic nitrogens is 1. The van der Waals surface area contributed by atoms with Crippen molar-refractivity contribution in [2.75, 3.05) is 0 Å². The minimum atomic E-state index is 0.515. The Morgan fingerprint density at radius 3 is 2.38 bits per heavy atom. The van der Waals surface area contributed by atoms with Gasteiger partial charge in [-0.3, -0.25) is 0 Å². The van der Waals surface area contributed by atoms with E-state index in [0.29, 0.717) is 5.69 Å². The van der Waals surface area contributed by atoms with E-state index in [1.807, 2.05) is 18.2 Å². The topological polar surface area (TPSA) is 36.7 Å². The first-order chi connectivity index (χ1) is 10.4. The quantitative estimate of drug-likeness (QED) is 0.475. The van der Waals surface area contributed by atoms with E-state index in [1.165, 1.54) is 57.8 Å². The van der Waals surface area contributed by atoms with Crippen LogP contribution >= 0.6 is 0 Å². The van der Waals surface area contributed by atoms with E-state index in [9.17, 15) is 0 Å². The third-order valence-electron chi connectivity index (χ3n) is 3.72. The first kappa shape index (κ1) is 17.4. The summed E-state index contributed by atoms with van der Waals surface area (Å²) >= 11 is 0. The van der Waals surface area contributed by atoms with Crippen molar-refractivity contribution in [2.45, 2.75) is 71.1 Å². The predicted molar refractivity (Wildman–Crippen MR) is 89.8 cm³/mol. The lowest BCUT2D eigenvalue weighted by Crippen LogP contribution is -1.85. The molecule has 2 heteroatoms. The lowest BCUT2D eigenvalue weighted by molar-refractivity contribution is 0.566. The van der Waals surface area contributed by atoms with E-state index in [2.05, 4.69) is 24.1 Å². The second kappa shape index (κ2) is 12.1. The Labute approximate surface area is 129 Å². The highest BCUT2D eigenvalue weighted by Crippen LogP contribution is 2.12. The molecule has 0 spiro atoms. The molecular weight excluding hydrogens is 256 g/mol. The average molecular weight is 284 g/mol. The fraction of sp³-hybridized carbons (Fsp3) is 0.579. The highest BCUT2D eigenvalue weighted by molar-refractivity contribution is 5.54. The van der Waals surface area contributed by atoms with Crippen LogP contribution in [0.5, 0.6) is 0 Å². The van der Waals surface area contributed by atoms with Gasteiger partial charge >= 0.3 is 0 Å². The molecule has 0 aliphatic carbocycles. The monoisotopic (exact) mass is 284 g/mol. The van der Waals surface area contributed by atoms with Gasteiger partial charge in [0.15, 0.2) is 0 Å². The van der Waals surface area contributed by atoms with Gasteiger partial charge in [-0.1, -0.05) is 76.5 Å². The van der Waals surface area contributed by atoms with E-state index < -0.39 is 0 Å². The van der Waals surface area contributed by atoms with Crippen LogP contribution in [-0.2, 0) is 0 Å². The van der Waals surface area contributed by atoms with Gasteiger partial charge < -0.3 is 0 Å². The van der Waals surface area contributed by atoms with Crippen molar-refractivity contribution >= 4 is 6.08 Å². The summed E-state index contributed by atoms with van der Waals surface area (Å²) in [6.07, 6.45) is 19.2. The maximum Gasteiger partial charge on any atom is 0.147 e. The van der Waals surface area contributed by atoms with Crippen LogP contribution in [-0.4, -0.2) is 4.98 Å². The number of nitriles is 1. The molecule has 1 aromatic heterocycles. The van der Waals surface area contributed by atoms with Gasteiger partial charge in [0.05, 0.1) is 0 Å². The SMILES string of the molecule is CCCCCCCCCCC/C=C/c1cccnc1C#N. The molecule has 1 rings (SSSR count). The zero-order valence-electron chi connectivity index (χ0n) is 13.4. The largest absolute Gasteiger partial charge is 0.245 e. The molecule has 0 aliphatic heterocycles. The number of unbranched alkanes of at least 4 members (excludes halogenated alkanes) is 9. The van der Waals surface area contributed by atoms with Crippen LogP contribution in [0.3, 0.4) is 0 Å². The second-order valence-electron chi connectivity index (χ2n) is 5.57. The number of hydrogen-bond acceptors (Lipinski definition) is 2. The molecule has 0 aromatic carbocycles. The van der Waals surface area contributed by atoms with Gasteiger partial charge in [-0.2, -0.15) is 5.26 Å². The van der Waals surface area contributed by atoms with Crippen molar-refractivity contribution in [1.82, 2.24) is 4.98 Å². The Morgan fingerprint density at radius 2 is 1.71 bits per heavy atom. The first-order valence-electron chi connectivity index (χ1n) is 8.40. The average Bonchev–Trinajstić information content (AvgIpc) is 2.53. The van der Waals surface area contributed by atoms with Gasteiger partial charge in [-0.15, -0.1) is 0 Å². The lowest BCUT2D eigenvalue weighted by Gasteiger charge is -2.00. The molecule has 0 unspecified atom stereocenters. The summed E-state index contributed by atoms with van der Waals surface area (Å²) in [5.41, 5.74) is 1.44. The maximum atomic E-state index is 8.95. The molecule has 0 aliphatic rings. The van der Waals surface area contributed by atoms with Crippen LogP contribution < -0.4 is 0 Å². The molecule has 0 N–H and O–H groups in total. The summed E-state index contributed by atoms with van der Waals surface area (Å²) in [5, 5.41) is 8.95. The Bertz CT molecular complexity index is 443. The van der Waals surface area contributed by atoms with Gasteiger partial charge in [0.2, 0.25) is 0 Å². The number of rotatable bonds is 11. The van der Waals surface area contributed by atoms with Gasteiger partial charge in [0.25, 0.3) is 0 Å². The van der Waals surface area contributed by atoms with Crippen molar-refractivity contribution in [3.8, 4) is 6.07 Å². The van der Waals surface area contributed by atoms with Crippen molar-refractivity contribution in [3.05, 3.63) is 35.7 Å². The molecular formula is C19H28N2. The highest BCUT2D eigenvalue weighted by atomic mass is 14.7. The Morgan fingerprint density at radius 1 is 1.05 bits per heavy atom. The molecule has 1 aromatic rings. The van der Waals surface area contributed by atoms with Crippen molar-refractivity contribution in [2.24, 2.45) is 0 Å². The summed E-state index contributed by atoms with van der Waals surface area (Å²) in [6, 6.07) is 5.94. The van der Waals surface area contributed by atoms with Crippen LogP contribution in [0.15, 0.2) is 24.4 Å². The van der Waals surface area contributed by atoms with Gasteiger partial charge in [-0.05, 0) is 18.9 Å². The van der Waals surface area contributed by atoms with Crippen LogP contribution in [0.1, 0.15) is 82.4 Å². The van der Waals surface area contributed by atoms with Crippen LogP contribution in [0.25, 0.3) is 6.08 Å². The summed E-state index contributed by atoms with van der Waals surface area (Å²) in [5.74, 6) is 0. The van der Waals surface area contributed by atoms with Crippen molar-refractivity contribution in [3.63, 3.8) is 0 Å². The van der Waals surface area contributed by atoms with Gasteiger partial charge in [0.1, 0.15) is 11.8 Å². The molecule has 114 valence electrons. The lowest BCUT2D eigenvalue weighted by atomic mass is 10.1. The molecule has 0 amide bonds. The molecule has 0 atom stereocenters. The van der Waals surface area contributed by atoms with Crippen LogP contribution in [0, 0.1) is 11.3 Å². The molecule has 1 heterocycles. The zero-order chi connectivity index (χ0) is 15.2. The number of pyridine rings is 1. The van der Waals surface area contributed by atoms with E-state index in [0.717, 1.165) is 12.0 Å². The second-order valence-corrected chi connectivity index (χ2v) is 5.57. The molecule has 0 bridgehead atoms. The number of allylic oxidation sites excluding steroid dienone is 1. The van der Waals surface area contributed by atoms with Crippen molar-refractivity contribution < 1.29 is 0 Å². The van der Waals surface area contributed by atoms with E-state index in [1.54, 1.807) is 6.20 Å². The predicted octanol–water partition coefficient (Wildman–Crippen LogP) is 5.89. The zero-order valence-corrected chi connectivity index (χ0v) is 13.4. The van der Waals surface area contributed by atoms with E-state index in [4.69, 9.17) is 5.26 Å². The molecule has 0 saturated carbocycles. The maximum absolute atomic E-state index is 8.95. The van der Waals surface area contributed by atoms with Gasteiger partial charge in [0, 0.05) is 11.8 Å². The third-order valence-corrected chi connectivity index (χ3v) is 3.72. The number of nitrogens with zero attached hydrogens (tertiary/aromatic N) is 2. The fourth-order valence-electron chi connectivity index (χ4n) is 2.43. The third kappa shape index (κ3) is 8.30. The normalized spacial score (nSPS) is 10.9. The first-order valence-corrected chi connectivity index (χ1v) is 8.40. The van der Waals surface area contributed by atoms with Crippen molar-refractivity contribution in [1.29, 1.82) is 5.26 Å². The highest BCUT2D eigenvalue weighted by Gasteiger charge is 1.96. The Kier molecular flexibility index (Phi) is 10.1. The Hall–Kier alpha value is -1.62. The Balaban J connectivity index is 2.04. The fourth-order valence-corrected chi connectivity index (χ4v) is 2.43. The molecule has 0 radical (unpaired) electrons. The van der Waals surface area contributed by atoms with Gasteiger partial charge in [-0.25, -0.2) is 4.98 Å². The molecule has 0 saturated heterocycles. The molecule has 0 fully saturated rings. The minimum Gasteiger partial charge on any atom is -0.245 e. The smallest absolute Gasteiger partial charge is 0.147 e. The van der Waals surface area contributed by atoms with Crippen LogP contribution in [0.2, 0.25) is 0 Å². The minimum absolute atomic E-state index is 0.515.